The van der Waals surface area contributed by atoms with E-state index in [2.05, 4.69) is 17.6 Å². The summed E-state index contributed by atoms with van der Waals surface area (Å²) in [4.78, 5) is 25.2. The number of aromatic carboxylic acids is 1. The van der Waals surface area contributed by atoms with Gasteiger partial charge in [0.15, 0.2) is 0 Å². The van der Waals surface area contributed by atoms with Gasteiger partial charge >= 0.3 is 12.0 Å². The summed E-state index contributed by atoms with van der Waals surface area (Å²) in [6.45, 7) is 4.12. The maximum atomic E-state index is 14.8. The molecule has 0 atom stereocenters. The zero-order valence-electron chi connectivity index (χ0n) is 22.0. The van der Waals surface area contributed by atoms with Gasteiger partial charge in [0.1, 0.15) is 23.7 Å². The zero-order chi connectivity index (χ0) is 27.8. The summed E-state index contributed by atoms with van der Waals surface area (Å²) >= 11 is 0. The fourth-order valence-corrected chi connectivity index (χ4v) is 4.25. The van der Waals surface area contributed by atoms with Crippen molar-refractivity contribution in [1.29, 1.82) is 0 Å². The SMILES string of the molecule is CCCCc1cc(NC(=O)Nc2ccc(C)cc2)cc(-c2cc(F)cc(OCc3ccccc3)c2C(=O)O)c1. The second kappa shape index (κ2) is 12.7. The van der Waals surface area contributed by atoms with E-state index in [1.807, 2.05) is 61.5 Å². The number of unbranched alkanes of at least 4 members (excludes halogenated alkanes) is 1. The summed E-state index contributed by atoms with van der Waals surface area (Å²) in [6.07, 6.45) is 2.57. The van der Waals surface area contributed by atoms with Crippen LogP contribution in [-0.4, -0.2) is 17.1 Å². The van der Waals surface area contributed by atoms with E-state index in [0.29, 0.717) is 23.4 Å². The van der Waals surface area contributed by atoms with Crippen molar-refractivity contribution in [3.05, 3.63) is 113 Å². The number of carboxylic acids is 1. The van der Waals surface area contributed by atoms with E-state index in [9.17, 15) is 19.1 Å². The highest BCUT2D eigenvalue weighted by atomic mass is 19.1. The van der Waals surface area contributed by atoms with Crippen molar-refractivity contribution in [1.82, 2.24) is 0 Å². The molecule has 0 fully saturated rings. The third-order valence-electron chi connectivity index (χ3n) is 6.21. The second-order valence-corrected chi connectivity index (χ2v) is 9.37. The smallest absolute Gasteiger partial charge is 0.340 e. The fraction of sp³-hybridized carbons (Fsp3) is 0.188. The Labute approximate surface area is 227 Å². The molecule has 0 spiro atoms. The molecule has 4 aromatic rings. The van der Waals surface area contributed by atoms with Gasteiger partial charge in [-0.05, 0) is 66.8 Å². The lowest BCUT2D eigenvalue weighted by Gasteiger charge is -2.16. The Bertz CT molecular complexity index is 1450. The monoisotopic (exact) mass is 526 g/mol. The molecule has 0 aliphatic carbocycles. The van der Waals surface area contributed by atoms with Gasteiger partial charge < -0.3 is 20.5 Å². The Kier molecular flexibility index (Phi) is 8.94. The normalized spacial score (nSPS) is 10.6. The molecule has 200 valence electrons. The zero-order valence-corrected chi connectivity index (χ0v) is 22.0. The molecule has 2 amide bonds. The predicted octanol–water partition coefficient (Wildman–Crippen LogP) is 8.06. The summed E-state index contributed by atoms with van der Waals surface area (Å²) in [5, 5.41) is 15.8. The maximum Gasteiger partial charge on any atom is 0.340 e. The van der Waals surface area contributed by atoms with E-state index >= 15 is 0 Å². The van der Waals surface area contributed by atoms with E-state index < -0.39 is 17.8 Å². The summed E-state index contributed by atoms with van der Waals surface area (Å²) in [5.41, 5.74) is 4.40. The van der Waals surface area contributed by atoms with Crippen molar-refractivity contribution in [3.8, 4) is 16.9 Å². The molecular formula is C32H31FN2O4. The van der Waals surface area contributed by atoms with Crippen LogP contribution >= 0.6 is 0 Å². The van der Waals surface area contributed by atoms with E-state index in [0.717, 1.165) is 35.6 Å². The molecule has 0 aliphatic rings. The highest BCUT2D eigenvalue weighted by Crippen LogP contribution is 2.35. The maximum absolute atomic E-state index is 14.8. The van der Waals surface area contributed by atoms with Crippen molar-refractivity contribution in [2.45, 2.75) is 39.7 Å². The van der Waals surface area contributed by atoms with Gasteiger partial charge in [0, 0.05) is 23.0 Å². The van der Waals surface area contributed by atoms with Crippen LogP contribution in [0.25, 0.3) is 11.1 Å². The highest BCUT2D eigenvalue weighted by molar-refractivity contribution is 6.02. The van der Waals surface area contributed by atoms with E-state index in [-0.39, 0.29) is 23.5 Å². The third-order valence-corrected chi connectivity index (χ3v) is 6.21. The number of ether oxygens (including phenoxy) is 1. The number of amides is 2. The number of hydrogen-bond acceptors (Lipinski definition) is 3. The van der Waals surface area contributed by atoms with Gasteiger partial charge in [-0.2, -0.15) is 0 Å². The van der Waals surface area contributed by atoms with E-state index in [1.54, 1.807) is 18.2 Å². The molecule has 0 unspecified atom stereocenters. The lowest BCUT2D eigenvalue weighted by molar-refractivity contribution is 0.0692. The molecule has 0 radical (unpaired) electrons. The molecule has 4 rings (SSSR count). The number of carbonyl (C=O) groups excluding carboxylic acids is 1. The number of carbonyl (C=O) groups is 2. The first-order chi connectivity index (χ1) is 18.8. The Morgan fingerprint density at radius 1 is 0.872 bits per heavy atom. The van der Waals surface area contributed by atoms with Crippen LogP contribution in [0.3, 0.4) is 0 Å². The van der Waals surface area contributed by atoms with Gasteiger partial charge in [-0.1, -0.05) is 67.4 Å². The Morgan fingerprint density at radius 2 is 1.59 bits per heavy atom. The molecule has 3 N–H and O–H groups in total. The first-order valence-electron chi connectivity index (χ1n) is 12.8. The van der Waals surface area contributed by atoms with Crippen LogP contribution in [0.4, 0.5) is 20.6 Å². The van der Waals surface area contributed by atoms with Gasteiger partial charge in [0.25, 0.3) is 0 Å². The van der Waals surface area contributed by atoms with Gasteiger partial charge in [-0.15, -0.1) is 0 Å². The standard InChI is InChI=1S/C32H31FN2O4/c1-3-4-8-23-15-24(17-27(16-23)35-32(38)34-26-13-11-21(2)12-14-26)28-18-25(33)19-29(30(28)31(36)37)39-20-22-9-6-5-7-10-22/h5-7,9-19H,3-4,8,20H2,1-2H3,(H,36,37)(H2,34,35,38). The number of nitrogens with one attached hydrogen (secondary N) is 2. The van der Waals surface area contributed by atoms with E-state index in [4.69, 9.17) is 4.74 Å². The minimum Gasteiger partial charge on any atom is -0.488 e. The predicted molar refractivity (Wildman–Crippen MR) is 152 cm³/mol. The third kappa shape index (κ3) is 7.45. The summed E-state index contributed by atoms with van der Waals surface area (Å²) in [5.74, 6) is -1.92. The first-order valence-corrected chi connectivity index (χ1v) is 12.8. The quantitative estimate of drug-likeness (QED) is 0.195. The molecule has 0 aromatic heterocycles. The number of anilines is 2. The van der Waals surface area contributed by atoms with Gasteiger partial charge in [0.05, 0.1) is 0 Å². The van der Waals surface area contributed by atoms with Crippen molar-refractivity contribution >= 4 is 23.4 Å². The summed E-state index contributed by atoms with van der Waals surface area (Å²) < 4.78 is 20.6. The molecule has 0 heterocycles. The number of benzene rings is 4. The van der Waals surface area contributed by atoms with E-state index in [1.165, 1.54) is 6.07 Å². The average Bonchev–Trinajstić information content (AvgIpc) is 2.92. The van der Waals surface area contributed by atoms with Crippen molar-refractivity contribution < 1.29 is 23.8 Å². The number of urea groups is 1. The number of aryl methyl sites for hydroxylation is 2. The average molecular weight is 527 g/mol. The Balaban J connectivity index is 1.69. The summed E-state index contributed by atoms with van der Waals surface area (Å²) in [7, 11) is 0. The molecule has 0 bridgehead atoms. The molecule has 7 heteroatoms. The van der Waals surface area contributed by atoms with Crippen LogP contribution in [0.1, 0.15) is 46.8 Å². The molecule has 0 saturated heterocycles. The minimum absolute atomic E-state index is 0.0630. The molecule has 6 nitrogen and oxygen atoms in total. The van der Waals surface area contributed by atoms with Crippen LogP contribution in [-0.2, 0) is 13.0 Å². The first kappa shape index (κ1) is 27.4. The lowest BCUT2D eigenvalue weighted by atomic mass is 9.95. The van der Waals surface area contributed by atoms with Crippen LogP contribution in [0.2, 0.25) is 0 Å². The highest BCUT2D eigenvalue weighted by Gasteiger charge is 2.21. The molecular weight excluding hydrogens is 495 g/mol. The van der Waals surface area contributed by atoms with Gasteiger partial charge in [-0.25, -0.2) is 14.0 Å². The lowest BCUT2D eigenvalue weighted by Crippen LogP contribution is -2.19. The Morgan fingerprint density at radius 3 is 2.28 bits per heavy atom. The minimum atomic E-state index is -1.24. The molecule has 0 saturated carbocycles. The number of rotatable bonds is 10. The van der Waals surface area contributed by atoms with Crippen LogP contribution < -0.4 is 15.4 Å². The van der Waals surface area contributed by atoms with Crippen LogP contribution in [0, 0.1) is 12.7 Å². The Hall–Kier alpha value is -4.65. The number of carboxylic acid groups (broad SMARTS) is 1. The number of halogens is 1. The van der Waals surface area contributed by atoms with Crippen LogP contribution in [0.15, 0.2) is 84.9 Å². The number of hydrogen-bond donors (Lipinski definition) is 3. The van der Waals surface area contributed by atoms with Gasteiger partial charge in [-0.3, -0.25) is 0 Å². The van der Waals surface area contributed by atoms with Gasteiger partial charge in [0.2, 0.25) is 0 Å². The second-order valence-electron chi connectivity index (χ2n) is 9.37. The van der Waals surface area contributed by atoms with Crippen molar-refractivity contribution in [2.24, 2.45) is 0 Å². The largest absolute Gasteiger partial charge is 0.488 e. The summed E-state index contributed by atoms with van der Waals surface area (Å²) in [6, 6.07) is 23.8. The van der Waals surface area contributed by atoms with Crippen molar-refractivity contribution in [3.63, 3.8) is 0 Å². The molecule has 39 heavy (non-hydrogen) atoms. The fourth-order valence-electron chi connectivity index (χ4n) is 4.25. The molecule has 4 aromatic carbocycles. The van der Waals surface area contributed by atoms with Crippen LogP contribution in [0.5, 0.6) is 5.75 Å². The van der Waals surface area contributed by atoms with Crippen molar-refractivity contribution in [2.75, 3.05) is 10.6 Å². The molecule has 0 aliphatic heterocycles. The topological polar surface area (TPSA) is 87.7 Å².